The molecule has 0 saturated carbocycles. The van der Waals surface area contributed by atoms with Gasteiger partial charge in [-0.05, 0) is 88.5 Å². The molecule has 5 heteroatoms. The molecule has 0 spiro atoms. The first-order valence-corrected chi connectivity index (χ1v) is 15.4. The quantitative estimate of drug-likeness (QED) is 0.156. The van der Waals surface area contributed by atoms with E-state index in [1.54, 1.807) is 12.1 Å². The maximum atomic E-state index is 10.5. The van der Waals surface area contributed by atoms with Crippen molar-refractivity contribution in [3.05, 3.63) is 132 Å². The fourth-order valence-electron chi connectivity index (χ4n) is 5.16. The van der Waals surface area contributed by atoms with Crippen molar-refractivity contribution in [2.45, 2.75) is 38.0 Å². The van der Waals surface area contributed by atoms with Crippen molar-refractivity contribution in [3.63, 3.8) is 0 Å². The second kappa shape index (κ2) is 12.5. The van der Waals surface area contributed by atoms with Gasteiger partial charge in [-0.1, -0.05) is 110 Å². The second-order valence-electron chi connectivity index (χ2n) is 10.2. The van der Waals surface area contributed by atoms with Crippen molar-refractivity contribution in [3.8, 4) is 39.1 Å². The van der Waals surface area contributed by atoms with Gasteiger partial charge in [0.05, 0.1) is 11.5 Å². The molecule has 5 aromatic carbocycles. The Morgan fingerprint density at radius 2 is 1.37 bits per heavy atom. The minimum Gasteiger partial charge on any atom is -0.494 e. The summed E-state index contributed by atoms with van der Waals surface area (Å²) in [4.78, 5) is -0.0666. The minimum atomic E-state index is -4.02. The van der Waals surface area contributed by atoms with Crippen molar-refractivity contribution in [2.75, 3.05) is 6.61 Å². The standard InChI is InChI=1S/C29H26O.C7H8O3S/c1-2-3-19-30-24-15-13-21(14-16-24)26-17-18-27-25-12-8-7-11-23(25)20-28(27)29(26)22-9-5-4-6-10-22;1-6-2-4-7(5-3-6)11(8,9)10/h4-18H,2-3,19-20H2,1H3;2-5H,1H3,(H,8,9,10). The molecule has 6 rings (SSSR count). The number of unbranched alkanes of at least 4 members (excludes halogenated alkanes) is 1. The molecule has 0 atom stereocenters. The van der Waals surface area contributed by atoms with Crippen LogP contribution in [0.2, 0.25) is 0 Å². The average molecular weight is 563 g/mol. The zero-order chi connectivity index (χ0) is 28.8. The van der Waals surface area contributed by atoms with Crippen molar-refractivity contribution < 1.29 is 17.7 Å². The van der Waals surface area contributed by atoms with Gasteiger partial charge in [0, 0.05) is 0 Å². The summed E-state index contributed by atoms with van der Waals surface area (Å²) in [5.74, 6) is 0.946. The van der Waals surface area contributed by atoms with Crippen molar-refractivity contribution in [1.29, 1.82) is 0 Å². The Labute approximate surface area is 243 Å². The molecule has 0 aromatic heterocycles. The van der Waals surface area contributed by atoms with Gasteiger partial charge in [-0.3, -0.25) is 4.55 Å². The first-order valence-electron chi connectivity index (χ1n) is 13.9. The van der Waals surface area contributed by atoms with E-state index < -0.39 is 10.1 Å². The Bertz CT molecular complexity index is 1720. The molecule has 208 valence electrons. The van der Waals surface area contributed by atoms with Crippen molar-refractivity contribution in [1.82, 2.24) is 0 Å². The van der Waals surface area contributed by atoms with E-state index in [9.17, 15) is 8.42 Å². The molecule has 1 aliphatic carbocycles. The highest BCUT2D eigenvalue weighted by Gasteiger charge is 2.24. The van der Waals surface area contributed by atoms with Crippen LogP contribution in [0.5, 0.6) is 5.75 Å². The smallest absolute Gasteiger partial charge is 0.294 e. The number of rotatable bonds is 7. The van der Waals surface area contributed by atoms with Crippen molar-refractivity contribution in [2.24, 2.45) is 0 Å². The van der Waals surface area contributed by atoms with Crippen LogP contribution in [-0.4, -0.2) is 19.6 Å². The lowest BCUT2D eigenvalue weighted by atomic mass is 9.88. The monoisotopic (exact) mass is 562 g/mol. The molecule has 0 unspecified atom stereocenters. The van der Waals surface area contributed by atoms with E-state index in [4.69, 9.17) is 9.29 Å². The van der Waals surface area contributed by atoms with E-state index in [1.165, 1.54) is 56.6 Å². The number of hydrogen-bond donors (Lipinski definition) is 1. The van der Waals surface area contributed by atoms with Crippen LogP contribution in [0.3, 0.4) is 0 Å². The topological polar surface area (TPSA) is 63.6 Å². The van der Waals surface area contributed by atoms with Crippen LogP contribution in [0.15, 0.2) is 120 Å². The van der Waals surface area contributed by atoms with Crippen LogP contribution < -0.4 is 4.74 Å². The van der Waals surface area contributed by atoms with E-state index in [-0.39, 0.29) is 4.90 Å². The highest BCUT2D eigenvalue weighted by molar-refractivity contribution is 7.85. The Hall–Kier alpha value is -4.19. The van der Waals surface area contributed by atoms with Gasteiger partial charge in [0.25, 0.3) is 10.1 Å². The lowest BCUT2D eigenvalue weighted by molar-refractivity contribution is 0.309. The van der Waals surface area contributed by atoms with Crippen LogP contribution in [0, 0.1) is 6.92 Å². The van der Waals surface area contributed by atoms with Gasteiger partial charge in [0.2, 0.25) is 0 Å². The highest BCUT2D eigenvalue weighted by Crippen LogP contribution is 2.45. The highest BCUT2D eigenvalue weighted by atomic mass is 32.2. The third-order valence-electron chi connectivity index (χ3n) is 7.30. The Kier molecular flexibility index (Phi) is 8.67. The molecule has 0 amide bonds. The third-order valence-corrected chi connectivity index (χ3v) is 8.17. The summed E-state index contributed by atoms with van der Waals surface area (Å²) in [6.45, 7) is 4.81. The summed E-state index contributed by atoms with van der Waals surface area (Å²) >= 11 is 0. The first-order chi connectivity index (χ1) is 19.8. The summed E-state index contributed by atoms with van der Waals surface area (Å²) in [5.41, 5.74) is 11.7. The van der Waals surface area contributed by atoms with Gasteiger partial charge < -0.3 is 4.74 Å². The van der Waals surface area contributed by atoms with Gasteiger partial charge in [-0.15, -0.1) is 0 Å². The maximum Gasteiger partial charge on any atom is 0.294 e. The van der Waals surface area contributed by atoms with E-state index in [0.717, 1.165) is 37.2 Å². The average Bonchev–Trinajstić information content (AvgIpc) is 3.36. The lowest BCUT2D eigenvalue weighted by Crippen LogP contribution is -1.96. The zero-order valence-electron chi connectivity index (χ0n) is 23.4. The number of aryl methyl sites for hydroxylation is 1. The van der Waals surface area contributed by atoms with Crippen LogP contribution >= 0.6 is 0 Å². The summed E-state index contributed by atoms with van der Waals surface area (Å²) in [6, 6.07) is 38.7. The molecule has 1 aliphatic rings. The number of benzene rings is 5. The molecule has 4 nitrogen and oxygen atoms in total. The molecule has 41 heavy (non-hydrogen) atoms. The first kappa shape index (κ1) is 28.3. The van der Waals surface area contributed by atoms with Crippen LogP contribution in [0.1, 0.15) is 36.5 Å². The van der Waals surface area contributed by atoms with E-state index in [1.807, 2.05) is 6.92 Å². The molecular weight excluding hydrogens is 528 g/mol. The van der Waals surface area contributed by atoms with Crippen LogP contribution in [0.4, 0.5) is 0 Å². The molecule has 0 bridgehead atoms. The predicted molar refractivity (Wildman–Crippen MR) is 167 cm³/mol. The number of hydrogen-bond acceptors (Lipinski definition) is 3. The largest absolute Gasteiger partial charge is 0.494 e. The fraction of sp³-hybridized carbons (Fsp3) is 0.167. The van der Waals surface area contributed by atoms with Gasteiger partial charge in [-0.25, -0.2) is 0 Å². The molecule has 0 radical (unpaired) electrons. The van der Waals surface area contributed by atoms with E-state index in [2.05, 4.69) is 97.9 Å². The Morgan fingerprint density at radius 1 is 0.707 bits per heavy atom. The molecule has 0 heterocycles. The van der Waals surface area contributed by atoms with Gasteiger partial charge in [0.15, 0.2) is 0 Å². The predicted octanol–water partition coefficient (Wildman–Crippen LogP) is 9.01. The maximum absolute atomic E-state index is 10.5. The normalized spacial score (nSPS) is 11.7. The molecule has 0 aliphatic heterocycles. The Morgan fingerprint density at radius 3 is 2.05 bits per heavy atom. The summed E-state index contributed by atoms with van der Waals surface area (Å²) in [6.07, 6.45) is 3.23. The summed E-state index contributed by atoms with van der Waals surface area (Å²) in [7, 11) is -4.02. The minimum absolute atomic E-state index is 0.0666. The van der Waals surface area contributed by atoms with E-state index in [0.29, 0.717) is 0 Å². The van der Waals surface area contributed by atoms with Crippen molar-refractivity contribution >= 4 is 10.1 Å². The van der Waals surface area contributed by atoms with Gasteiger partial charge in [0.1, 0.15) is 5.75 Å². The molecule has 0 fully saturated rings. The molecular formula is C36H34O4S. The van der Waals surface area contributed by atoms with Gasteiger partial charge >= 0.3 is 0 Å². The molecule has 1 N–H and O–H groups in total. The van der Waals surface area contributed by atoms with E-state index >= 15 is 0 Å². The van der Waals surface area contributed by atoms with Crippen LogP contribution in [0.25, 0.3) is 33.4 Å². The lowest BCUT2D eigenvalue weighted by Gasteiger charge is -2.16. The SMILES string of the molecule is CCCCOc1ccc(-c2ccc3c(c2-c2ccccc2)Cc2ccccc2-3)cc1.Cc1ccc(S(=O)(=O)O)cc1. The van der Waals surface area contributed by atoms with Gasteiger partial charge in [-0.2, -0.15) is 8.42 Å². The zero-order valence-corrected chi connectivity index (χ0v) is 24.2. The third kappa shape index (κ3) is 6.59. The number of fused-ring (bicyclic) bond motifs is 3. The summed E-state index contributed by atoms with van der Waals surface area (Å²) in [5, 5.41) is 0. The number of ether oxygens (including phenoxy) is 1. The second-order valence-corrected chi connectivity index (χ2v) is 11.7. The summed E-state index contributed by atoms with van der Waals surface area (Å²) < 4.78 is 35.4. The fourth-order valence-corrected chi connectivity index (χ4v) is 5.64. The molecule has 5 aromatic rings. The molecule has 0 saturated heterocycles. The van der Waals surface area contributed by atoms with Crippen LogP contribution in [-0.2, 0) is 16.5 Å². The Balaban J connectivity index is 0.000000259.